The predicted molar refractivity (Wildman–Crippen MR) is 28.7 cm³/mol. The summed E-state index contributed by atoms with van der Waals surface area (Å²) in [5, 5.41) is 2.09. The highest BCUT2D eigenvalue weighted by atomic mass is 16.6. The number of amides is 1. The molecule has 0 spiro atoms. The number of esters is 1. The Morgan fingerprint density at radius 1 is 1.60 bits per heavy atom. The third-order valence-electron chi connectivity index (χ3n) is 1.01. The maximum atomic E-state index is 10.4. The molecule has 1 N–H and O–H groups in total. The van der Waals surface area contributed by atoms with Crippen LogP contribution in [-0.4, -0.2) is 23.9 Å². The van der Waals surface area contributed by atoms with Gasteiger partial charge in [-0.15, -0.1) is 0 Å². The Kier molecular flexibility index (Phi) is 1.41. The third-order valence-corrected chi connectivity index (χ3v) is 1.01. The molecule has 0 aromatic heterocycles. The minimum Gasteiger partial charge on any atom is -0.434 e. The van der Waals surface area contributed by atoms with E-state index in [2.05, 4.69) is 10.1 Å². The van der Waals surface area contributed by atoms with Crippen molar-refractivity contribution in [3.05, 3.63) is 0 Å². The fraction of sp³-hybridized carbons (Fsp3) is 0.400. The van der Waals surface area contributed by atoms with Gasteiger partial charge in [0.1, 0.15) is 0 Å². The van der Waals surface area contributed by atoms with Gasteiger partial charge in [-0.3, -0.25) is 14.4 Å². The molecular weight excluding hydrogens is 138 g/mol. The van der Waals surface area contributed by atoms with Crippen LogP contribution in [0.25, 0.3) is 0 Å². The number of hydrogen-bond acceptors (Lipinski definition) is 4. The second-order valence-electron chi connectivity index (χ2n) is 1.83. The second kappa shape index (κ2) is 2.09. The van der Waals surface area contributed by atoms with Gasteiger partial charge < -0.3 is 10.1 Å². The lowest BCUT2D eigenvalue weighted by atomic mass is 10.2. The molecule has 1 heterocycles. The topological polar surface area (TPSA) is 72.5 Å². The Morgan fingerprint density at radius 3 is 2.50 bits per heavy atom. The molecule has 54 valence electrons. The van der Waals surface area contributed by atoms with E-state index in [9.17, 15) is 14.4 Å². The molecule has 0 aliphatic carbocycles. The summed E-state index contributed by atoms with van der Waals surface area (Å²) in [5.74, 6) is -1.99. The quantitative estimate of drug-likeness (QED) is 0.277. The molecule has 1 rings (SSSR count). The van der Waals surface area contributed by atoms with E-state index in [4.69, 9.17) is 0 Å². The van der Waals surface area contributed by atoms with Gasteiger partial charge in [-0.1, -0.05) is 0 Å². The van der Waals surface area contributed by atoms with Crippen molar-refractivity contribution in [1.82, 2.24) is 5.32 Å². The lowest BCUT2D eigenvalue weighted by molar-refractivity contribution is -0.168. The van der Waals surface area contributed by atoms with Crippen LogP contribution in [0, 0.1) is 0 Å². The van der Waals surface area contributed by atoms with E-state index >= 15 is 0 Å². The van der Waals surface area contributed by atoms with Crippen molar-refractivity contribution < 1.29 is 19.1 Å². The zero-order chi connectivity index (χ0) is 7.72. The molecule has 0 aromatic carbocycles. The smallest absolute Gasteiger partial charge is 0.304 e. The fourth-order valence-corrected chi connectivity index (χ4v) is 0.546. The van der Waals surface area contributed by atoms with E-state index in [0.717, 1.165) is 6.92 Å². The van der Waals surface area contributed by atoms with Crippen molar-refractivity contribution in [2.75, 3.05) is 0 Å². The van der Waals surface area contributed by atoms with Crippen LogP contribution in [0.5, 0.6) is 0 Å². The number of carbonyl (C=O) groups excluding carboxylic acids is 3. The van der Waals surface area contributed by atoms with Crippen LogP contribution in [0.4, 0.5) is 0 Å². The summed E-state index contributed by atoms with van der Waals surface area (Å²) in [4.78, 5) is 30.8. The lowest BCUT2D eigenvalue weighted by Gasteiger charge is -2.23. The van der Waals surface area contributed by atoms with Gasteiger partial charge in [-0.2, -0.15) is 0 Å². The van der Waals surface area contributed by atoms with Crippen LogP contribution in [0.3, 0.4) is 0 Å². The Bertz CT molecular complexity index is 210. The minimum atomic E-state index is -1.04. The first kappa shape index (κ1) is 6.73. The Labute approximate surface area is 56.3 Å². The van der Waals surface area contributed by atoms with Gasteiger partial charge >= 0.3 is 5.97 Å². The third kappa shape index (κ3) is 0.975. The van der Waals surface area contributed by atoms with Gasteiger partial charge in [0, 0.05) is 6.92 Å². The molecule has 1 aliphatic heterocycles. The van der Waals surface area contributed by atoms with Crippen molar-refractivity contribution in [2.24, 2.45) is 0 Å². The average molecular weight is 143 g/mol. The highest BCUT2D eigenvalue weighted by Gasteiger charge is 2.39. The monoisotopic (exact) mass is 143 g/mol. The van der Waals surface area contributed by atoms with Crippen LogP contribution >= 0.6 is 0 Å². The number of ether oxygens (including phenoxy) is 1. The van der Waals surface area contributed by atoms with Gasteiger partial charge in [-0.05, 0) is 0 Å². The van der Waals surface area contributed by atoms with Crippen LogP contribution in [0.2, 0.25) is 0 Å². The van der Waals surface area contributed by atoms with Gasteiger partial charge in [-0.25, -0.2) is 0 Å². The van der Waals surface area contributed by atoms with Crippen molar-refractivity contribution in [3.63, 3.8) is 0 Å². The first-order chi connectivity index (χ1) is 4.61. The molecule has 1 aliphatic rings. The largest absolute Gasteiger partial charge is 0.434 e. The summed E-state index contributed by atoms with van der Waals surface area (Å²) >= 11 is 0. The van der Waals surface area contributed by atoms with E-state index in [-0.39, 0.29) is 0 Å². The van der Waals surface area contributed by atoms with Crippen LogP contribution in [-0.2, 0) is 19.1 Å². The molecule has 0 bridgehead atoms. The van der Waals surface area contributed by atoms with Gasteiger partial charge in [0.05, 0.1) is 0 Å². The van der Waals surface area contributed by atoms with E-state index in [1.165, 1.54) is 0 Å². The summed E-state index contributed by atoms with van der Waals surface area (Å²) in [7, 11) is 0. The molecular formula is C5H5NO4. The van der Waals surface area contributed by atoms with E-state index in [1.54, 1.807) is 0 Å². The summed E-state index contributed by atoms with van der Waals surface area (Å²) in [5.41, 5.74) is 0. The van der Waals surface area contributed by atoms with E-state index in [0.29, 0.717) is 0 Å². The Morgan fingerprint density at radius 2 is 2.20 bits per heavy atom. The van der Waals surface area contributed by atoms with Gasteiger partial charge in [0.2, 0.25) is 6.23 Å². The number of rotatable bonds is 1. The van der Waals surface area contributed by atoms with Crippen molar-refractivity contribution in [3.8, 4) is 0 Å². The molecule has 5 heteroatoms. The molecule has 1 amide bonds. The normalized spacial score (nSPS) is 23.1. The van der Waals surface area contributed by atoms with Crippen LogP contribution < -0.4 is 5.32 Å². The van der Waals surface area contributed by atoms with E-state index < -0.39 is 23.9 Å². The number of β-lactam (4-membered cyclic amide) rings is 1. The van der Waals surface area contributed by atoms with Gasteiger partial charge in [0.25, 0.3) is 11.7 Å². The minimum absolute atomic E-state index is 0.585. The predicted octanol–water partition coefficient (Wildman–Crippen LogP) is -1.43. The highest BCUT2D eigenvalue weighted by molar-refractivity contribution is 6.44. The van der Waals surface area contributed by atoms with Crippen LogP contribution in [0.15, 0.2) is 0 Å². The summed E-state index contributed by atoms with van der Waals surface area (Å²) in [6, 6.07) is 0. The number of carbonyl (C=O) groups is 3. The zero-order valence-corrected chi connectivity index (χ0v) is 5.21. The Balaban J connectivity index is 2.41. The number of hydrogen-bond donors (Lipinski definition) is 1. The molecule has 1 fully saturated rings. The summed E-state index contributed by atoms with van der Waals surface area (Å²) in [6.07, 6.45) is -1.04. The van der Waals surface area contributed by atoms with Crippen LogP contribution in [0.1, 0.15) is 6.92 Å². The maximum Gasteiger partial charge on any atom is 0.304 e. The zero-order valence-electron chi connectivity index (χ0n) is 5.21. The highest BCUT2D eigenvalue weighted by Crippen LogP contribution is 2.00. The molecule has 1 atom stereocenters. The first-order valence-electron chi connectivity index (χ1n) is 2.63. The van der Waals surface area contributed by atoms with E-state index in [1.807, 2.05) is 0 Å². The molecule has 0 radical (unpaired) electrons. The molecule has 0 saturated carbocycles. The molecule has 1 saturated heterocycles. The first-order valence-corrected chi connectivity index (χ1v) is 2.63. The number of ketones is 1. The Hall–Kier alpha value is -1.39. The molecule has 1 unspecified atom stereocenters. The fourth-order valence-electron chi connectivity index (χ4n) is 0.546. The van der Waals surface area contributed by atoms with Crippen molar-refractivity contribution >= 4 is 17.7 Å². The maximum absolute atomic E-state index is 10.4. The van der Waals surface area contributed by atoms with Crippen molar-refractivity contribution in [1.29, 1.82) is 0 Å². The molecule has 10 heavy (non-hydrogen) atoms. The molecule has 0 aromatic rings. The van der Waals surface area contributed by atoms with Gasteiger partial charge in [0.15, 0.2) is 0 Å². The standard InChI is InChI=1S/C5H5NO4/c1-2(7)10-5-3(8)4(9)6-5/h5H,1H3,(H,6,9). The lowest BCUT2D eigenvalue weighted by Crippen LogP contribution is -2.60. The SMILES string of the molecule is CC(=O)OC1NC(=O)C1=O. The average Bonchev–Trinajstić information content (AvgIpc) is 1.86. The van der Waals surface area contributed by atoms with Crippen molar-refractivity contribution in [2.45, 2.75) is 13.2 Å². The summed E-state index contributed by atoms with van der Waals surface area (Å²) < 4.78 is 4.35. The molecule has 5 nitrogen and oxygen atoms in total. The number of nitrogens with one attached hydrogen (secondary N) is 1. The summed E-state index contributed by atoms with van der Waals surface area (Å²) in [6.45, 7) is 1.16. The second-order valence-corrected chi connectivity index (χ2v) is 1.83. The number of Topliss-reactive ketones (excluding diaryl/α,β-unsaturated/α-hetero) is 1.